The first-order chi connectivity index (χ1) is 25.6. The lowest BCUT2D eigenvalue weighted by atomic mass is 10.0. The van der Waals surface area contributed by atoms with Crippen molar-refractivity contribution in [2.75, 3.05) is 67.7 Å². The minimum Gasteiger partial charge on any atom is -0.491 e. The molecule has 284 valence electrons. The summed E-state index contributed by atoms with van der Waals surface area (Å²) in [6.07, 6.45) is 8.79. The summed E-state index contributed by atoms with van der Waals surface area (Å²) in [5.41, 5.74) is 5.41. The molecule has 2 fully saturated rings. The van der Waals surface area contributed by atoms with Gasteiger partial charge >= 0.3 is 0 Å². The van der Waals surface area contributed by atoms with Crippen molar-refractivity contribution in [2.24, 2.45) is 5.10 Å². The molecule has 3 unspecified atom stereocenters. The Morgan fingerprint density at radius 1 is 1.00 bits per heavy atom. The lowest BCUT2D eigenvalue weighted by molar-refractivity contribution is -0.185. The molecule has 53 heavy (non-hydrogen) atoms. The zero-order valence-corrected chi connectivity index (χ0v) is 33.1. The summed E-state index contributed by atoms with van der Waals surface area (Å²) < 4.78 is 19.2. The quantitative estimate of drug-likeness (QED) is 0.100. The number of benzene rings is 3. The Labute approximate surface area is 322 Å². The molecule has 0 bridgehead atoms. The monoisotopic (exact) mass is 740 g/mol. The molecule has 3 aromatic rings. The van der Waals surface area contributed by atoms with Crippen LogP contribution in [0, 0.1) is 6.92 Å². The maximum absolute atomic E-state index is 6.73. The van der Waals surface area contributed by atoms with Gasteiger partial charge in [0.1, 0.15) is 24.3 Å². The Morgan fingerprint density at radius 3 is 2.19 bits per heavy atom. The summed E-state index contributed by atoms with van der Waals surface area (Å²) in [6.45, 7) is 23.5. The minimum absolute atomic E-state index is 0.267. The molecule has 0 radical (unpaired) electrons. The highest BCUT2D eigenvalue weighted by Crippen LogP contribution is 2.41. The van der Waals surface area contributed by atoms with Gasteiger partial charge in [0.25, 0.3) is 0 Å². The molecule has 2 aliphatic heterocycles. The maximum Gasteiger partial charge on any atom is 0.198 e. The third kappa shape index (κ3) is 9.57. The fourth-order valence-electron chi connectivity index (χ4n) is 6.92. The highest BCUT2D eigenvalue weighted by Gasteiger charge is 2.45. The average Bonchev–Trinajstić information content (AvgIpc) is 3.61. The first kappa shape index (κ1) is 39.8. The number of nitrogens with zero attached hydrogens (tertiary/aromatic N) is 6. The second kappa shape index (κ2) is 18.5. The number of hydrogen-bond acceptors (Lipinski definition) is 9. The zero-order valence-electron chi connectivity index (χ0n) is 32.4. The van der Waals surface area contributed by atoms with Crippen LogP contribution in [-0.2, 0) is 15.3 Å². The highest BCUT2D eigenvalue weighted by atomic mass is 35.5. The Kier molecular flexibility index (Phi) is 13.9. The highest BCUT2D eigenvalue weighted by molar-refractivity contribution is 6.31. The van der Waals surface area contributed by atoms with Crippen molar-refractivity contribution in [3.8, 4) is 5.75 Å². The lowest BCUT2D eigenvalue weighted by Gasteiger charge is -2.38. The van der Waals surface area contributed by atoms with E-state index in [0.29, 0.717) is 37.2 Å². The standard InChI is InChI=1S/C43H57ClN6O3/c1-9-34(7)46(8)42(10-2)50(13-5)37-17-15-35(16-18-37)47-26-28-48(29-27-47)36-19-21-38(22-20-36)51-31-39-32-52-43(53-39,24-25-49(12-4)45-11-3)40-23-14-33(6)30-41(40)44/h10-23,30,34,39H,4-5,9,24-29,31-32H2,1-3,6-8H3/b42-10-,45-11-. The number of hydrogen-bond donors (Lipinski definition) is 0. The number of piperazine rings is 1. The lowest BCUT2D eigenvalue weighted by Crippen LogP contribution is -2.46. The van der Waals surface area contributed by atoms with Gasteiger partial charge in [0.15, 0.2) is 5.79 Å². The molecule has 2 heterocycles. The van der Waals surface area contributed by atoms with Crippen LogP contribution in [0.2, 0.25) is 5.02 Å². The van der Waals surface area contributed by atoms with Gasteiger partial charge in [0.05, 0.1) is 6.61 Å². The van der Waals surface area contributed by atoms with Crippen LogP contribution in [0.15, 0.2) is 109 Å². The first-order valence-corrected chi connectivity index (χ1v) is 19.1. The van der Waals surface area contributed by atoms with Crippen molar-refractivity contribution in [3.63, 3.8) is 0 Å². The van der Waals surface area contributed by atoms with E-state index < -0.39 is 5.79 Å². The predicted octanol–water partition coefficient (Wildman–Crippen LogP) is 9.01. The van der Waals surface area contributed by atoms with E-state index in [4.69, 9.17) is 25.8 Å². The van der Waals surface area contributed by atoms with Gasteiger partial charge in [-0.3, -0.25) is 5.01 Å². The number of halogens is 1. The van der Waals surface area contributed by atoms with Crippen LogP contribution in [0.1, 0.15) is 51.7 Å². The summed E-state index contributed by atoms with van der Waals surface area (Å²) in [5.74, 6) is 0.911. The van der Waals surface area contributed by atoms with Gasteiger partial charge < -0.3 is 33.8 Å². The molecule has 10 heteroatoms. The van der Waals surface area contributed by atoms with Crippen LogP contribution in [0.25, 0.3) is 0 Å². The van der Waals surface area contributed by atoms with Gasteiger partial charge in [-0.15, -0.1) is 0 Å². The third-order valence-corrected chi connectivity index (χ3v) is 10.6. The van der Waals surface area contributed by atoms with Crippen molar-refractivity contribution < 1.29 is 14.2 Å². The minimum atomic E-state index is -1.01. The smallest absolute Gasteiger partial charge is 0.198 e. The Balaban J connectivity index is 1.14. The summed E-state index contributed by atoms with van der Waals surface area (Å²) in [6, 6.07) is 23.6. The van der Waals surface area contributed by atoms with Gasteiger partial charge in [-0.1, -0.05) is 43.8 Å². The second-order valence-corrected chi connectivity index (χ2v) is 14.0. The SMILES string of the molecule is C=CN(CCC1(c2ccc(C)cc2Cl)OCC(COc2ccc(N3CCN(c4ccc(N(C=C)/C(=C\C)N(C)C(C)CC)cc4)CC3)cc2)O1)/N=C\C. The van der Waals surface area contributed by atoms with E-state index in [1.807, 2.05) is 50.4 Å². The number of hydrazone groups is 1. The molecule has 0 aliphatic carbocycles. The first-order valence-electron chi connectivity index (χ1n) is 18.7. The third-order valence-electron chi connectivity index (χ3n) is 10.3. The van der Waals surface area contributed by atoms with E-state index in [-0.39, 0.29) is 6.10 Å². The maximum atomic E-state index is 6.73. The summed E-state index contributed by atoms with van der Waals surface area (Å²) >= 11 is 6.73. The predicted molar refractivity (Wildman–Crippen MR) is 221 cm³/mol. The number of aryl methyl sites for hydroxylation is 1. The number of allylic oxidation sites excluding steroid dienone is 1. The average molecular weight is 741 g/mol. The van der Waals surface area contributed by atoms with E-state index in [1.165, 1.54) is 11.4 Å². The molecule has 3 aromatic carbocycles. The fraction of sp³-hybridized carbons (Fsp3) is 0.419. The summed E-state index contributed by atoms with van der Waals surface area (Å²) in [7, 11) is 2.15. The molecule has 5 rings (SSSR count). The molecule has 2 aliphatic rings. The number of anilines is 3. The van der Waals surface area contributed by atoms with E-state index >= 15 is 0 Å². The molecule has 3 atom stereocenters. The molecule has 9 nitrogen and oxygen atoms in total. The molecule has 0 N–H and O–H groups in total. The zero-order chi connectivity index (χ0) is 38.0. The number of rotatable bonds is 17. The van der Waals surface area contributed by atoms with Gasteiger partial charge in [-0.2, -0.15) is 5.10 Å². The Hall–Kier alpha value is -4.44. The topological polar surface area (TPSA) is 56.3 Å². The van der Waals surface area contributed by atoms with Crippen LogP contribution in [0.3, 0.4) is 0 Å². The van der Waals surface area contributed by atoms with E-state index in [9.17, 15) is 0 Å². The largest absolute Gasteiger partial charge is 0.491 e. The van der Waals surface area contributed by atoms with Gasteiger partial charge in [0.2, 0.25) is 0 Å². The molecule has 0 saturated carbocycles. The number of ether oxygens (including phenoxy) is 3. The van der Waals surface area contributed by atoms with Crippen molar-refractivity contribution in [1.82, 2.24) is 9.91 Å². The summed E-state index contributed by atoms with van der Waals surface area (Å²) in [4.78, 5) is 9.36. The van der Waals surface area contributed by atoms with Crippen molar-refractivity contribution >= 4 is 34.9 Å². The van der Waals surface area contributed by atoms with E-state index in [1.54, 1.807) is 17.4 Å². The molecular weight excluding hydrogens is 684 g/mol. The van der Waals surface area contributed by atoms with Crippen molar-refractivity contribution in [1.29, 1.82) is 0 Å². The molecular formula is C43H57ClN6O3. The van der Waals surface area contributed by atoms with E-state index in [0.717, 1.165) is 61.0 Å². The fourth-order valence-corrected chi connectivity index (χ4v) is 7.30. The molecule has 0 aromatic heterocycles. The molecule has 0 amide bonds. The van der Waals surface area contributed by atoms with E-state index in [2.05, 4.69) is 108 Å². The normalized spacial score (nSPS) is 19.7. The van der Waals surface area contributed by atoms with Gasteiger partial charge in [-0.05, 0) is 100 Å². The van der Waals surface area contributed by atoms with Crippen molar-refractivity contribution in [3.05, 3.63) is 120 Å². The van der Waals surface area contributed by atoms with Gasteiger partial charge in [-0.25, -0.2) is 0 Å². The van der Waals surface area contributed by atoms with Crippen LogP contribution < -0.4 is 19.4 Å². The van der Waals surface area contributed by atoms with Crippen molar-refractivity contribution in [2.45, 2.75) is 65.4 Å². The van der Waals surface area contributed by atoms with Crippen LogP contribution in [0.4, 0.5) is 17.1 Å². The molecule has 2 saturated heterocycles. The van der Waals surface area contributed by atoms with Gasteiger partial charge in [0, 0.05) is 98.5 Å². The van der Waals surface area contributed by atoms with Crippen LogP contribution >= 0.6 is 11.6 Å². The summed E-state index contributed by atoms with van der Waals surface area (Å²) in [5, 5.41) is 6.74. The second-order valence-electron chi connectivity index (χ2n) is 13.6. The van der Waals surface area contributed by atoms with Crippen LogP contribution in [-0.4, -0.2) is 81.3 Å². The Morgan fingerprint density at radius 2 is 1.64 bits per heavy atom. The Bertz CT molecular complexity index is 1710. The molecule has 0 spiro atoms. The van der Waals surface area contributed by atoms with Crippen LogP contribution in [0.5, 0.6) is 5.75 Å².